The molecule has 0 radical (unpaired) electrons. The van der Waals surface area contributed by atoms with Gasteiger partial charge in [0, 0.05) is 7.05 Å². The molecular formula is C12H18F2N2O2S. The summed E-state index contributed by atoms with van der Waals surface area (Å²) < 4.78 is 49.0. The predicted molar refractivity (Wildman–Crippen MR) is 69.6 cm³/mol. The smallest absolute Gasteiger partial charge is 0.252 e. The second-order valence-electron chi connectivity index (χ2n) is 4.21. The first-order valence-corrected chi connectivity index (χ1v) is 7.35. The number of alkyl halides is 2. The molecular weight excluding hydrogens is 274 g/mol. The number of hydrogen-bond donors (Lipinski definition) is 1. The maximum absolute atomic E-state index is 12.2. The average Bonchev–Trinajstić information content (AvgIpc) is 2.36. The lowest BCUT2D eigenvalue weighted by molar-refractivity contribution is 0.126. The Hall–Kier alpha value is -1.05. The van der Waals surface area contributed by atoms with E-state index < -0.39 is 23.0 Å². The van der Waals surface area contributed by atoms with Crippen LogP contribution in [0.4, 0.5) is 8.78 Å². The van der Waals surface area contributed by atoms with Crippen LogP contribution in [-0.2, 0) is 16.4 Å². The zero-order valence-electron chi connectivity index (χ0n) is 10.7. The Morgan fingerprint density at radius 1 is 1.26 bits per heavy atom. The Bertz CT molecular complexity index is 489. The summed E-state index contributed by atoms with van der Waals surface area (Å²) in [4.78, 5) is 0.0205. The van der Waals surface area contributed by atoms with Gasteiger partial charge >= 0.3 is 0 Å². The minimum Gasteiger partial charge on any atom is -0.330 e. The third kappa shape index (κ3) is 4.52. The van der Waals surface area contributed by atoms with E-state index in [1.165, 1.54) is 12.1 Å². The van der Waals surface area contributed by atoms with Crippen molar-refractivity contribution in [2.45, 2.75) is 24.2 Å². The molecule has 7 heteroatoms. The fraction of sp³-hybridized carbons (Fsp3) is 0.500. The lowest BCUT2D eigenvalue weighted by Crippen LogP contribution is -2.31. The number of hydrogen-bond acceptors (Lipinski definition) is 3. The Labute approximate surface area is 112 Å². The number of rotatable bonds is 7. The van der Waals surface area contributed by atoms with Crippen LogP contribution >= 0.6 is 0 Å². The molecule has 0 bridgehead atoms. The summed E-state index contributed by atoms with van der Waals surface area (Å²) in [6, 6.07) is 6.23. The van der Waals surface area contributed by atoms with Gasteiger partial charge in [0.2, 0.25) is 10.0 Å². The molecule has 108 valence electrons. The molecule has 0 heterocycles. The van der Waals surface area contributed by atoms with Crippen LogP contribution in [0.2, 0.25) is 0 Å². The first-order valence-electron chi connectivity index (χ1n) is 5.91. The molecule has 0 amide bonds. The van der Waals surface area contributed by atoms with E-state index in [0.29, 0.717) is 10.8 Å². The fourth-order valence-corrected chi connectivity index (χ4v) is 2.76. The molecule has 0 aliphatic heterocycles. The van der Waals surface area contributed by atoms with E-state index in [4.69, 9.17) is 5.73 Å². The zero-order chi connectivity index (χ0) is 14.5. The summed E-state index contributed by atoms with van der Waals surface area (Å²) >= 11 is 0. The highest BCUT2D eigenvalue weighted by Crippen LogP contribution is 2.16. The van der Waals surface area contributed by atoms with Gasteiger partial charge in [-0.25, -0.2) is 17.2 Å². The third-order valence-electron chi connectivity index (χ3n) is 2.70. The Kier molecular flexibility index (Phi) is 5.84. The van der Waals surface area contributed by atoms with Crippen molar-refractivity contribution in [1.29, 1.82) is 0 Å². The molecule has 1 aromatic carbocycles. The lowest BCUT2D eigenvalue weighted by Gasteiger charge is -2.16. The van der Waals surface area contributed by atoms with Crippen molar-refractivity contribution in [1.82, 2.24) is 4.31 Å². The molecule has 0 spiro atoms. The summed E-state index contributed by atoms with van der Waals surface area (Å²) in [7, 11) is -2.70. The maximum atomic E-state index is 12.2. The van der Waals surface area contributed by atoms with E-state index >= 15 is 0 Å². The lowest BCUT2D eigenvalue weighted by atomic mass is 10.1. The summed E-state index contributed by atoms with van der Waals surface area (Å²) in [6.45, 7) is -0.242. The summed E-state index contributed by atoms with van der Waals surface area (Å²) in [6.07, 6.45) is -1.11. The fourth-order valence-electron chi connectivity index (χ4n) is 1.61. The number of sulfonamides is 1. The Morgan fingerprint density at radius 2 is 1.84 bits per heavy atom. The van der Waals surface area contributed by atoms with Crippen LogP contribution in [-0.4, -0.2) is 39.3 Å². The Balaban J connectivity index is 2.84. The molecule has 1 aromatic rings. The van der Waals surface area contributed by atoms with Gasteiger partial charge in [-0.05, 0) is 37.1 Å². The molecule has 0 aliphatic rings. The second kappa shape index (κ2) is 6.93. The van der Waals surface area contributed by atoms with Gasteiger partial charge in [0.25, 0.3) is 6.43 Å². The van der Waals surface area contributed by atoms with Crippen molar-refractivity contribution in [3.8, 4) is 0 Å². The molecule has 0 saturated carbocycles. The maximum Gasteiger partial charge on any atom is 0.252 e. The van der Waals surface area contributed by atoms with Crippen LogP contribution in [0.5, 0.6) is 0 Å². The van der Waals surface area contributed by atoms with E-state index in [-0.39, 0.29) is 4.90 Å². The monoisotopic (exact) mass is 292 g/mol. The molecule has 19 heavy (non-hydrogen) atoms. The average molecular weight is 292 g/mol. The molecule has 4 nitrogen and oxygen atoms in total. The predicted octanol–water partition coefficient (Wildman–Crippen LogP) is 1.46. The number of aryl methyl sites for hydroxylation is 1. The highest BCUT2D eigenvalue weighted by Gasteiger charge is 2.23. The normalized spacial score (nSPS) is 12.3. The molecule has 0 atom stereocenters. The van der Waals surface area contributed by atoms with Gasteiger partial charge in [-0.1, -0.05) is 12.1 Å². The van der Waals surface area contributed by atoms with Gasteiger partial charge in [-0.15, -0.1) is 0 Å². The van der Waals surface area contributed by atoms with Gasteiger partial charge in [0.05, 0.1) is 11.4 Å². The quantitative estimate of drug-likeness (QED) is 0.827. The summed E-state index contributed by atoms with van der Waals surface area (Å²) in [5.41, 5.74) is 6.36. The van der Waals surface area contributed by atoms with Crippen LogP contribution in [0, 0.1) is 0 Å². The van der Waals surface area contributed by atoms with Gasteiger partial charge in [0.1, 0.15) is 0 Å². The molecule has 0 aliphatic carbocycles. The van der Waals surface area contributed by atoms with Crippen LogP contribution in [0.25, 0.3) is 0 Å². The van der Waals surface area contributed by atoms with Crippen LogP contribution in [0.3, 0.4) is 0 Å². The SMILES string of the molecule is CN(CC(F)F)S(=O)(=O)c1ccc(CCCN)cc1. The first-order chi connectivity index (χ1) is 8.87. The number of benzene rings is 1. The van der Waals surface area contributed by atoms with Crippen molar-refractivity contribution in [2.24, 2.45) is 5.73 Å². The third-order valence-corrected chi connectivity index (χ3v) is 4.53. The highest BCUT2D eigenvalue weighted by atomic mass is 32.2. The van der Waals surface area contributed by atoms with Crippen molar-refractivity contribution in [2.75, 3.05) is 20.1 Å². The standard InChI is InChI=1S/C12H18F2N2O2S/c1-16(9-12(13)14)19(17,18)11-6-4-10(5-7-11)3-2-8-15/h4-7,12H,2-3,8-9,15H2,1H3. The largest absolute Gasteiger partial charge is 0.330 e. The summed E-state index contributed by atoms with van der Waals surface area (Å²) in [5.74, 6) is 0. The van der Waals surface area contributed by atoms with E-state index in [1.807, 2.05) is 0 Å². The molecule has 0 saturated heterocycles. The number of halogens is 2. The summed E-state index contributed by atoms with van der Waals surface area (Å²) in [5, 5.41) is 0. The van der Waals surface area contributed by atoms with Crippen molar-refractivity contribution in [3.63, 3.8) is 0 Å². The number of nitrogens with two attached hydrogens (primary N) is 1. The molecule has 0 aromatic heterocycles. The second-order valence-corrected chi connectivity index (χ2v) is 6.26. The van der Waals surface area contributed by atoms with Crippen LogP contribution in [0.1, 0.15) is 12.0 Å². The van der Waals surface area contributed by atoms with Gasteiger partial charge in [-0.2, -0.15) is 4.31 Å². The van der Waals surface area contributed by atoms with E-state index in [1.54, 1.807) is 12.1 Å². The van der Waals surface area contributed by atoms with Crippen molar-refractivity contribution in [3.05, 3.63) is 29.8 Å². The van der Waals surface area contributed by atoms with Gasteiger partial charge in [0.15, 0.2) is 0 Å². The molecule has 1 rings (SSSR count). The Morgan fingerprint density at radius 3 is 2.32 bits per heavy atom. The molecule has 0 unspecified atom stereocenters. The van der Waals surface area contributed by atoms with Crippen molar-refractivity contribution < 1.29 is 17.2 Å². The van der Waals surface area contributed by atoms with Crippen molar-refractivity contribution >= 4 is 10.0 Å². The van der Waals surface area contributed by atoms with Crippen LogP contribution in [0.15, 0.2) is 29.2 Å². The first kappa shape index (κ1) is 16.0. The molecule has 2 N–H and O–H groups in total. The van der Waals surface area contributed by atoms with E-state index in [9.17, 15) is 17.2 Å². The molecule has 0 fully saturated rings. The van der Waals surface area contributed by atoms with E-state index in [2.05, 4.69) is 0 Å². The topological polar surface area (TPSA) is 63.4 Å². The zero-order valence-corrected chi connectivity index (χ0v) is 11.5. The number of nitrogens with zero attached hydrogens (tertiary/aromatic N) is 1. The van der Waals surface area contributed by atoms with E-state index in [0.717, 1.165) is 25.5 Å². The van der Waals surface area contributed by atoms with Gasteiger partial charge < -0.3 is 5.73 Å². The highest BCUT2D eigenvalue weighted by molar-refractivity contribution is 7.89. The van der Waals surface area contributed by atoms with Gasteiger partial charge in [-0.3, -0.25) is 0 Å². The minimum absolute atomic E-state index is 0.0205. The van der Waals surface area contributed by atoms with Crippen LogP contribution < -0.4 is 5.73 Å². The minimum atomic E-state index is -3.84.